The Labute approximate surface area is 85.2 Å². The molecule has 0 spiro atoms. The Morgan fingerprint density at radius 1 is 1.36 bits per heavy atom. The third kappa shape index (κ3) is 1.56. The Morgan fingerprint density at radius 3 is 2.86 bits per heavy atom. The highest BCUT2D eigenvalue weighted by molar-refractivity contribution is 6.06. The van der Waals surface area contributed by atoms with Gasteiger partial charge in [-0.25, -0.2) is 0 Å². The number of carbonyl (C=O) groups is 1. The number of hydrogen-bond acceptors (Lipinski definition) is 2. The average Bonchev–Trinajstić information content (AvgIpc) is 2.37. The maximum Gasteiger partial charge on any atom is 0.253 e. The predicted molar refractivity (Wildman–Crippen MR) is 56.2 cm³/mol. The fourth-order valence-electron chi connectivity index (χ4n) is 2.18. The van der Waals surface area contributed by atoms with Gasteiger partial charge in [0.25, 0.3) is 5.91 Å². The molecule has 3 heteroatoms. The molecular weight excluding hydrogens is 176 g/mol. The normalized spacial score (nSPS) is 27.6. The van der Waals surface area contributed by atoms with E-state index in [4.69, 9.17) is 0 Å². The van der Waals surface area contributed by atoms with E-state index in [1.54, 1.807) is 0 Å². The SMILES string of the molecule is CC(C)C1N=C2CCCCCN2C1=O. The van der Waals surface area contributed by atoms with Gasteiger partial charge in [-0.15, -0.1) is 0 Å². The smallest absolute Gasteiger partial charge is 0.253 e. The Morgan fingerprint density at radius 2 is 2.14 bits per heavy atom. The van der Waals surface area contributed by atoms with Gasteiger partial charge >= 0.3 is 0 Å². The molecule has 0 N–H and O–H groups in total. The number of amides is 1. The molecular formula is C11H18N2O. The van der Waals surface area contributed by atoms with Gasteiger partial charge in [0.05, 0.1) is 0 Å². The number of carbonyl (C=O) groups excluding carboxylic acids is 1. The predicted octanol–water partition coefficient (Wildman–Crippen LogP) is 1.83. The van der Waals surface area contributed by atoms with Crippen molar-refractivity contribution in [2.45, 2.75) is 45.6 Å². The average molecular weight is 194 g/mol. The molecule has 0 bridgehead atoms. The van der Waals surface area contributed by atoms with E-state index >= 15 is 0 Å². The summed E-state index contributed by atoms with van der Waals surface area (Å²) in [6.07, 6.45) is 4.55. The summed E-state index contributed by atoms with van der Waals surface area (Å²) in [4.78, 5) is 18.4. The Bertz CT molecular complexity index is 270. The largest absolute Gasteiger partial charge is 0.299 e. The van der Waals surface area contributed by atoms with Crippen molar-refractivity contribution in [1.82, 2.24) is 4.90 Å². The lowest BCUT2D eigenvalue weighted by Crippen LogP contribution is -2.36. The van der Waals surface area contributed by atoms with Crippen LogP contribution in [0.3, 0.4) is 0 Å². The van der Waals surface area contributed by atoms with Gasteiger partial charge in [-0.3, -0.25) is 14.7 Å². The lowest BCUT2D eigenvalue weighted by molar-refractivity contribution is -0.128. The van der Waals surface area contributed by atoms with Gasteiger partial charge in [0, 0.05) is 13.0 Å². The summed E-state index contributed by atoms with van der Waals surface area (Å²) >= 11 is 0. The number of rotatable bonds is 1. The molecule has 1 unspecified atom stereocenters. The standard InChI is InChI=1S/C11H18N2O/c1-8(2)10-11(14)13-7-5-3-4-6-9(13)12-10/h8,10H,3-7H2,1-2H3. The van der Waals surface area contributed by atoms with Crippen molar-refractivity contribution in [2.24, 2.45) is 10.9 Å². The van der Waals surface area contributed by atoms with E-state index < -0.39 is 0 Å². The molecule has 78 valence electrons. The van der Waals surface area contributed by atoms with Crippen molar-refractivity contribution in [1.29, 1.82) is 0 Å². The molecule has 2 heterocycles. The number of amidine groups is 1. The number of aliphatic imine (C=N–C) groups is 1. The second-order valence-electron chi connectivity index (χ2n) is 4.53. The Hall–Kier alpha value is -0.860. The first-order valence-corrected chi connectivity index (χ1v) is 5.58. The molecule has 2 aliphatic heterocycles. The molecule has 1 saturated heterocycles. The van der Waals surface area contributed by atoms with Gasteiger partial charge in [-0.1, -0.05) is 20.3 Å². The minimum Gasteiger partial charge on any atom is -0.299 e. The van der Waals surface area contributed by atoms with Crippen LogP contribution < -0.4 is 0 Å². The van der Waals surface area contributed by atoms with Gasteiger partial charge in [0.2, 0.25) is 0 Å². The quantitative estimate of drug-likeness (QED) is 0.626. The zero-order valence-electron chi connectivity index (χ0n) is 8.99. The van der Waals surface area contributed by atoms with Crippen LogP contribution in [0.4, 0.5) is 0 Å². The van der Waals surface area contributed by atoms with Crippen molar-refractivity contribution in [3.05, 3.63) is 0 Å². The van der Waals surface area contributed by atoms with Gasteiger partial charge in [-0.2, -0.15) is 0 Å². The van der Waals surface area contributed by atoms with E-state index in [2.05, 4.69) is 18.8 Å². The molecule has 2 aliphatic rings. The summed E-state index contributed by atoms with van der Waals surface area (Å²) in [5, 5.41) is 0. The van der Waals surface area contributed by atoms with Crippen LogP contribution in [0.5, 0.6) is 0 Å². The molecule has 1 fully saturated rings. The van der Waals surface area contributed by atoms with Gasteiger partial charge in [-0.05, 0) is 18.8 Å². The van der Waals surface area contributed by atoms with Crippen LogP contribution >= 0.6 is 0 Å². The maximum atomic E-state index is 11.9. The van der Waals surface area contributed by atoms with E-state index in [0.717, 1.165) is 25.2 Å². The lowest BCUT2D eigenvalue weighted by atomic mass is 10.1. The van der Waals surface area contributed by atoms with Crippen LogP contribution in [0.25, 0.3) is 0 Å². The summed E-state index contributed by atoms with van der Waals surface area (Å²) in [5.41, 5.74) is 0. The molecule has 0 aromatic rings. The highest BCUT2D eigenvalue weighted by Crippen LogP contribution is 2.23. The molecule has 0 aromatic carbocycles. The number of fused-ring (bicyclic) bond motifs is 1. The topological polar surface area (TPSA) is 32.7 Å². The lowest BCUT2D eigenvalue weighted by Gasteiger charge is -2.17. The van der Waals surface area contributed by atoms with Crippen molar-refractivity contribution in [3.63, 3.8) is 0 Å². The molecule has 0 aliphatic carbocycles. The van der Waals surface area contributed by atoms with Gasteiger partial charge in [0.15, 0.2) is 0 Å². The van der Waals surface area contributed by atoms with Crippen molar-refractivity contribution in [2.75, 3.05) is 6.54 Å². The van der Waals surface area contributed by atoms with Crippen molar-refractivity contribution < 1.29 is 4.79 Å². The summed E-state index contributed by atoms with van der Waals surface area (Å²) in [7, 11) is 0. The fourth-order valence-corrected chi connectivity index (χ4v) is 2.18. The molecule has 0 radical (unpaired) electrons. The third-order valence-electron chi connectivity index (χ3n) is 3.03. The number of nitrogens with zero attached hydrogens (tertiary/aromatic N) is 2. The van der Waals surface area contributed by atoms with E-state index in [1.807, 2.05) is 4.90 Å². The van der Waals surface area contributed by atoms with E-state index in [9.17, 15) is 4.79 Å². The maximum absolute atomic E-state index is 11.9. The Kier molecular flexibility index (Phi) is 2.57. The summed E-state index contributed by atoms with van der Waals surface area (Å²) < 4.78 is 0. The highest BCUT2D eigenvalue weighted by atomic mass is 16.2. The minimum atomic E-state index is -0.0944. The molecule has 14 heavy (non-hydrogen) atoms. The zero-order valence-corrected chi connectivity index (χ0v) is 8.99. The highest BCUT2D eigenvalue weighted by Gasteiger charge is 2.36. The van der Waals surface area contributed by atoms with Crippen LogP contribution in [0.2, 0.25) is 0 Å². The first-order chi connectivity index (χ1) is 6.70. The van der Waals surface area contributed by atoms with Crippen LogP contribution in [0, 0.1) is 5.92 Å². The summed E-state index contributed by atoms with van der Waals surface area (Å²) in [6, 6.07) is -0.0944. The van der Waals surface area contributed by atoms with Crippen LogP contribution in [0.15, 0.2) is 4.99 Å². The second kappa shape index (κ2) is 3.71. The van der Waals surface area contributed by atoms with Crippen LogP contribution in [-0.2, 0) is 4.79 Å². The third-order valence-corrected chi connectivity index (χ3v) is 3.03. The molecule has 3 nitrogen and oxygen atoms in total. The molecule has 2 rings (SSSR count). The first kappa shape index (κ1) is 9.69. The molecule has 0 saturated carbocycles. The Balaban J connectivity index is 2.18. The van der Waals surface area contributed by atoms with Crippen LogP contribution in [-0.4, -0.2) is 29.2 Å². The number of hydrogen-bond donors (Lipinski definition) is 0. The minimum absolute atomic E-state index is 0.0944. The van der Waals surface area contributed by atoms with E-state index in [0.29, 0.717) is 5.92 Å². The van der Waals surface area contributed by atoms with E-state index in [1.165, 1.54) is 12.8 Å². The molecule has 1 amide bonds. The van der Waals surface area contributed by atoms with Gasteiger partial charge < -0.3 is 0 Å². The monoisotopic (exact) mass is 194 g/mol. The first-order valence-electron chi connectivity index (χ1n) is 5.58. The second-order valence-corrected chi connectivity index (χ2v) is 4.53. The summed E-state index contributed by atoms with van der Waals surface area (Å²) in [6.45, 7) is 5.03. The van der Waals surface area contributed by atoms with Crippen LogP contribution in [0.1, 0.15) is 39.5 Å². The summed E-state index contributed by atoms with van der Waals surface area (Å²) in [5.74, 6) is 1.62. The van der Waals surface area contributed by atoms with Crippen molar-refractivity contribution in [3.8, 4) is 0 Å². The molecule has 0 aromatic heterocycles. The van der Waals surface area contributed by atoms with Crippen molar-refractivity contribution >= 4 is 11.7 Å². The van der Waals surface area contributed by atoms with Gasteiger partial charge in [0.1, 0.15) is 11.9 Å². The molecule has 1 atom stereocenters. The van der Waals surface area contributed by atoms with E-state index in [-0.39, 0.29) is 11.9 Å². The fraction of sp³-hybridized carbons (Fsp3) is 0.818. The zero-order chi connectivity index (χ0) is 10.1.